The van der Waals surface area contributed by atoms with Crippen molar-refractivity contribution in [3.05, 3.63) is 0 Å². The fourth-order valence-electron chi connectivity index (χ4n) is 2.79. The highest BCUT2D eigenvalue weighted by Gasteiger charge is 2.42. The molecule has 2 amide bonds. The van der Waals surface area contributed by atoms with Gasteiger partial charge in [-0.05, 0) is 44.4 Å². The number of hydrogen-bond donors (Lipinski definition) is 3. The SMILES string of the molecule is C#CCCCCNC(=O)NC1(C(=O)O)CCC(CC)CC1. The van der Waals surface area contributed by atoms with E-state index in [-0.39, 0.29) is 0 Å². The van der Waals surface area contributed by atoms with Gasteiger partial charge in [0.25, 0.3) is 0 Å². The number of rotatable bonds is 7. The Kier molecular flexibility index (Phi) is 7.07. The lowest BCUT2D eigenvalue weighted by atomic mass is 9.75. The molecule has 0 heterocycles. The summed E-state index contributed by atoms with van der Waals surface area (Å²) in [5.41, 5.74) is -1.10. The first kappa shape index (κ1) is 17.4. The van der Waals surface area contributed by atoms with Crippen LogP contribution in [0.1, 0.15) is 58.3 Å². The Bertz CT molecular complexity index is 393. The molecule has 0 aromatic heterocycles. The maximum Gasteiger partial charge on any atom is 0.329 e. The highest BCUT2D eigenvalue weighted by atomic mass is 16.4. The first-order valence-electron chi connectivity index (χ1n) is 7.77. The number of terminal acetylenes is 1. The van der Waals surface area contributed by atoms with Crippen molar-refractivity contribution in [1.82, 2.24) is 10.6 Å². The van der Waals surface area contributed by atoms with E-state index in [1.165, 1.54) is 0 Å². The highest BCUT2D eigenvalue weighted by molar-refractivity contribution is 5.86. The van der Waals surface area contributed by atoms with Crippen LogP contribution in [0.2, 0.25) is 0 Å². The Balaban J connectivity index is 2.42. The summed E-state index contributed by atoms with van der Waals surface area (Å²) in [4.78, 5) is 23.4. The van der Waals surface area contributed by atoms with Gasteiger partial charge >= 0.3 is 12.0 Å². The van der Waals surface area contributed by atoms with E-state index in [1.54, 1.807) is 0 Å². The van der Waals surface area contributed by atoms with Crippen molar-refractivity contribution in [3.8, 4) is 12.3 Å². The van der Waals surface area contributed by atoms with Gasteiger partial charge in [-0.1, -0.05) is 13.3 Å². The third kappa shape index (κ3) is 5.30. The van der Waals surface area contributed by atoms with Gasteiger partial charge < -0.3 is 15.7 Å². The minimum atomic E-state index is -1.10. The fourth-order valence-corrected chi connectivity index (χ4v) is 2.79. The van der Waals surface area contributed by atoms with Crippen molar-refractivity contribution in [2.75, 3.05) is 6.54 Å². The molecule has 0 radical (unpaired) electrons. The van der Waals surface area contributed by atoms with E-state index in [0.29, 0.717) is 31.7 Å². The molecular weight excluding hydrogens is 268 g/mol. The Morgan fingerprint density at radius 2 is 2.00 bits per heavy atom. The molecule has 0 aliphatic heterocycles. The van der Waals surface area contributed by atoms with E-state index in [9.17, 15) is 14.7 Å². The van der Waals surface area contributed by atoms with E-state index >= 15 is 0 Å². The normalized spacial score (nSPS) is 24.9. The van der Waals surface area contributed by atoms with Gasteiger partial charge in [0, 0.05) is 13.0 Å². The summed E-state index contributed by atoms with van der Waals surface area (Å²) in [6.45, 7) is 2.63. The molecule has 1 saturated carbocycles. The molecule has 0 bridgehead atoms. The van der Waals surface area contributed by atoms with Crippen molar-refractivity contribution < 1.29 is 14.7 Å². The lowest BCUT2D eigenvalue weighted by molar-refractivity contribution is -0.146. The lowest BCUT2D eigenvalue weighted by Crippen LogP contribution is -2.58. The lowest BCUT2D eigenvalue weighted by Gasteiger charge is -2.37. The van der Waals surface area contributed by atoms with E-state index in [0.717, 1.165) is 32.1 Å². The number of unbranched alkanes of at least 4 members (excludes halogenated alkanes) is 2. The van der Waals surface area contributed by atoms with Gasteiger partial charge in [0.2, 0.25) is 0 Å². The molecule has 5 heteroatoms. The number of carbonyl (C=O) groups is 2. The molecule has 118 valence electrons. The van der Waals surface area contributed by atoms with Gasteiger partial charge in [-0.3, -0.25) is 0 Å². The van der Waals surface area contributed by atoms with Crippen LogP contribution in [-0.4, -0.2) is 29.2 Å². The zero-order chi connectivity index (χ0) is 15.7. The summed E-state index contributed by atoms with van der Waals surface area (Å²) < 4.78 is 0. The summed E-state index contributed by atoms with van der Waals surface area (Å²) in [7, 11) is 0. The third-order valence-corrected chi connectivity index (χ3v) is 4.33. The van der Waals surface area contributed by atoms with Crippen LogP contribution in [0, 0.1) is 18.3 Å². The zero-order valence-corrected chi connectivity index (χ0v) is 12.8. The maximum atomic E-state index is 11.9. The molecule has 0 aromatic carbocycles. The number of hydrogen-bond acceptors (Lipinski definition) is 2. The largest absolute Gasteiger partial charge is 0.480 e. The number of amides is 2. The number of carboxylic acids is 1. The number of aliphatic carboxylic acids is 1. The fraction of sp³-hybridized carbons (Fsp3) is 0.750. The van der Waals surface area contributed by atoms with E-state index in [4.69, 9.17) is 6.42 Å². The molecule has 21 heavy (non-hydrogen) atoms. The topological polar surface area (TPSA) is 78.4 Å². The highest BCUT2D eigenvalue weighted by Crippen LogP contribution is 2.33. The van der Waals surface area contributed by atoms with Crippen molar-refractivity contribution >= 4 is 12.0 Å². The number of nitrogens with one attached hydrogen (secondary N) is 2. The van der Waals surface area contributed by atoms with Crippen LogP contribution < -0.4 is 10.6 Å². The number of urea groups is 1. The standard InChI is InChI=1S/C16H26N2O3/c1-3-5-6-7-12-17-15(21)18-16(14(19)20)10-8-13(4-2)9-11-16/h1,13H,4-12H2,2H3,(H,19,20)(H2,17,18,21). The van der Waals surface area contributed by atoms with Crippen LogP contribution in [0.25, 0.3) is 0 Å². The number of carbonyl (C=O) groups excluding carboxylic acids is 1. The molecule has 0 aromatic rings. The summed E-state index contributed by atoms with van der Waals surface area (Å²) in [6, 6.07) is -0.395. The van der Waals surface area contributed by atoms with Crippen LogP contribution in [-0.2, 0) is 4.79 Å². The molecule has 0 spiro atoms. The van der Waals surface area contributed by atoms with Gasteiger partial charge in [-0.15, -0.1) is 12.3 Å². The molecular formula is C16H26N2O3. The third-order valence-electron chi connectivity index (χ3n) is 4.33. The second-order valence-corrected chi connectivity index (χ2v) is 5.78. The van der Waals surface area contributed by atoms with Gasteiger partial charge in [0.1, 0.15) is 5.54 Å². The second kappa shape index (κ2) is 8.56. The smallest absolute Gasteiger partial charge is 0.329 e. The van der Waals surface area contributed by atoms with E-state index in [2.05, 4.69) is 23.5 Å². The van der Waals surface area contributed by atoms with E-state index < -0.39 is 17.5 Å². The molecule has 1 rings (SSSR count). The predicted molar refractivity (Wildman–Crippen MR) is 81.8 cm³/mol. The predicted octanol–water partition coefficient (Wildman–Crippen LogP) is 2.51. The quantitative estimate of drug-likeness (QED) is 0.498. The van der Waals surface area contributed by atoms with Crippen LogP contribution in [0.5, 0.6) is 0 Å². The molecule has 0 atom stereocenters. The molecule has 0 saturated heterocycles. The second-order valence-electron chi connectivity index (χ2n) is 5.78. The summed E-state index contributed by atoms with van der Waals surface area (Å²) >= 11 is 0. The Morgan fingerprint density at radius 3 is 2.52 bits per heavy atom. The minimum Gasteiger partial charge on any atom is -0.480 e. The van der Waals surface area contributed by atoms with Gasteiger partial charge in [0.15, 0.2) is 0 Å². The molecule has 5 nitrogen and oxygen atoms in total. The van der Waals surface area contributed by atoms with Crippen molar-refractivity contribution in [2.24, 2.45) is 5.92 Å². The summed E-state index contributed by atoms with van der Waals surface area (Å²) in [6.07, 6.45) is 11.3. The average molecular weight is 294 g/mol. The minimum absolute atomic E-state index is 0.395. The van der Waals surface area contributed by atoms with Crippen LogP contribution in [0.15, 0.2) is 0 Å². The van der Waals surface area contributed by atoms with Crippen molar-refractivity contribution in [3.63, 3.8) is 0 Å². The van der Waals surface area contributed by atoms with Crippen LogP contribution >= 0.6 is 0 Å². The van der Waals surface area contributed by atoms with E-state index in [1.807, 2.05) is 0 Å². The van der Waals surface area contributed by atoms with Crippen LogP contribution in [0.4, 0.5) is 4.79 Å². The van der Waals surface area contributed by atoms with Gasteiger partial charge in [-0.2, -0.15) is 0 Å². The average Bonchev–Trinajstić information content (AvgIpc) is 2.47. The maximum absolute atomic E-state index is 11.9. The summed E-state index contributed by atoms with van der Waals surface area (Å²) in [5, 5.41) is 14.9. The molecule has 1 fully saturated rings. The molecule has 0 unspecified atom stereocenters. The Hall–Kier alpha value is -1.70. The first-order valence-corrected chi connectivity index (χ1v) is 7.77. The summed E-state index contributed by atoms with van der Waals surface area (Å²) in [5.74, 6) is 2.19. The molecule has 1 aliphatic carbocycles. The monoisotopic (exact) mass is 294 g/mol. The zero-order valence-electron chi connectivity index (χ0n) is 12.8. The van der Waals surface area contributed by atoms with Gasteiger partial charge in [0.05, 0.1) is 0 Å². The first-order chi connectivity index (χ1) is 10.0. The van der Waals surface area contributed by atoms with Gasteiger partial charge in [-0.25, -0.2) is 9.59 Å². The Morgan fingerprint density at radius 1 is 1.33 bits per heavy atom. The Labute approximate surface area is 126 Å². The van der Waals surface area contributed by atoms with Crippen molar-refractivity contribution in [2.45, 2.75) is 63.8 Å². The molecule has 1 aliphatic rings. The van der Waals surface area contributed by atoms with Crippen molar-refractivity contribution in [1.29, 1.82) is 0 Å². The number of carboxylic acid groups (broad SMARTS) is 1. The molecule has 3 N–H and O–H groups in total. The van der Waals surface area contributed by atoms with Crippen LogP contribution in [0.3, 0.4) is 0 Å².